The maximum absolute atomic E-state index is 10.6. The molecule has 0 fully saturated rings. The van der Waals surface area contributed by atoms with Gasteiger partial charge in [-0.05, 0) is 30.7 Å². The third-order valence-corrected chi connectivity index (χ3v) is 4.06. The van der Waals surface area contributed by atoms with Crippen LogP contribution in [0.25, 0.3) is 11.6 Å². The maximum atomic E-state index is 10.6. The molecule has 4 rings (SSSR count). The molecule has 0 amide bonds. The zero-order chi connectivity index (χ0) is 16.5. The van der Waals surface area contributed by atoms with Crippen LogP contribution in [0.1, 0.15) is 22.6 Å². The number of hydrogen-bond acceptors (Lipinski definition) is 4. The van der Waals surface area contributed by atoms with Crippen molar-refractivity contribution in [3.05, 3.63) is 71.3 Å². The van der Waals surface area contributed by atoms with E-state index in [1.165, 1.54) is 0 Å². The van der Waals surface area contributed by atoms with E-state index in [1.54, 1.807) is 17.0 Å². The number of nitrogens with zero attached hydrogens (tertiary/aromatic N) is 4. The van der Waals surface area contributed by atoms with Crippen molar-refractivity contribution in [1.82, 2.24) is 14.5 Å². The van der Waals surface area contributed by atoms with Crippen molar-refractivity contribution in [3.8, 4) is 5.88 Å². The molecule has 0 unspecified atom stereocenters. The molecule has 24 heavy (non-hydrogen) atoms. The highest BCUT2D eigenvalue weighted by Crippen LogP contribution is 2.32. The average Bonchev–Trinajstić information content (AvgIpc) is 3.13. The first-order valence-electron chi connectivity index (χ1n) is 7.73. The summed E-state index contributed by atoms with van der Waals surface area (Å²) in [5.74, 6) is 1.63. The number of aromatic hydroxyl groups is 1. The van der Waals surface area contributed by atoms with Crippen LogP contribution in [0.4, 0.5) is 5.82 Å². The van der Waals surface area contributed by atoms with E-state index in [9.17, 15) is 5.11 Å². The van der Waals surface area contributed by atoms with Crippen molar-refractivity contribution in [3.63, 3.8) is 0 Å². The number of allylic oxidation sites excluding steroid dienone is 1. The molecule has 0 bridgehead atoms. The van der Waals surface area contributed by atoms with E-state index < -0.39 is 0 Å². The third-order valence-electron chi connectivity index (χ3n) is 4.06. The predicted octanol–water partition coefficient (Wildman–Crippen LogP) is 3.60. The van der Waals surface area contributed by atoms with E-state index in [1.807, 2.05) is 55.5 Å². The number of benzene rings is 1. The van der Waals surface area contributed by atoms with Gasteiger partial charge in [-0.25, -0.2) is 15.0 Å². The Morgan fingerprint density at radius 2 is 1.96 bits per heavy atom. The summed E-state index contributed by atoms with van der Waals surface area (Å²) in [6.07, 6.45) is 5.32. The quantitative estimate of drug-likeness (QED) is 0.803. The summed E-state index contributed by atoms with van der Waals surface area (Å²) in [7, 11) is 0. The minimum absolute atomic E-state index is 0.162. The van der Waals surface area contributed by atoms with Gasteiger partial charge in [-0.1, -0.05) is 30.3 Å². The van der Waals surface area contributed by atoms with E-state index >= 15 is 0 Å². The number of aryl methyl sites for hydroxylation is 1. The first-order chi connectivity index (χ1) is 11.7. The summed E-state index contributed by atoms with van der Waals surface area (Å²) >= 11 is 0. The first-order valence-corrected chi connectivity index (χ1v) is 7.73. The summed E-state index contributed by atoms with van der Waals surface area (Å²) in [4.78, 5) is 13.0. The SMILES string of the molecule is Cc1nc(C=C2C=Nc3ncccc32)c(O)n1Cc1ccccc1. The molecule has 0 saturated heterocycles. The van der Waals surface area contributed by atoms with E-state index in [-0.39, 0.29) is 5.88 Å². The number of imidazole rings is 1. The van der Waals surface area contributed by atoms with Gasteiger partial charge in [-0.2, -0.15) is 0 Å². The van der Waals surface area contributed by atoms with E-state index in [0.29, 0.717) is 18.1 Å². The predicted molar refractivity (Wildman–Crippen MR) is 94.4 cm³/mol. The summed E-state index contributed by atoms with van der Waals surface area (Å²) in [5.41, 5.74) is 3.51. The van der Waals surface area contributed by atoms with Gasteiger partial charge in [-0.3, -0.25) is 4.57 Å². The lowest BCUT2D eigenvalue weighted by atomic mass is 10.1. The Kier molecular flexibility index (Phi) is 3.46. The molecule has 2 aromatic heterocycles. The second kappa shape index (κ2) is 5.77. The largest absolute Gasteiger partial charge is 0.493 e. The van der Waals surface area contributed by atoms with Gasteiger partial charge in [0.05, 0.1) is 6.54 Å². The van der Waals surface area contributed by atoms with Crippen molar-refractivity contribution in [2.75, 3.05) is 0 Å². The number of pyridine rings is 1. The fraction of sp³-hybridized carbons (Fsp3) is 0.105. The topological polar surface area (TPSA) is 63.3 Å². The van der Waals surface area contributed by atoms with Gasteiger partial charge in [0, 0.05) is 23.5 Å². The molecule has 0 atom stereocenters. The smallest absolute Gasteiger partial charge is 0.219 e. The Labute approximate surface area is 139 Å². The number of aliphatic imine (C=N–C) groups is 1. The van der Waals surface area contributed by atoms with Crippen LogP contribution in [0.3, 0.4) is 0 Å². The van der Waals surface area contributed by atoms with E-state index in [4.69, 9.17) is 0 Å². The number of rotatable bonds is 3. The van der Waals surface area contributed by atoms with Crippen LogP contribution in [0.2, 0.25) is 0 Å². The standard InChI is InChI=1S/C19H16N4O/c1-13-22-17(10-15-11-21-18-16(15)8-5-9-20-18)19(24)23(13)12-14-6-3-2-4-7-14/h2-11,24H,12H2,1H3. The Bertz CT molecular complexity index is 955. The molecule has 0 aliphatic carbocycles. The van der Waals surface area contributed by atoms with Gasteiger partial charge in [-0.15, -0.1) is 0 Å². The minimum atomic E-state index is 0.162. The summed E-state index contributed by atoms with van der Waals surface area (Å²) in [6.45, 7) is 2.48. The van der Waals surface area contributed by atoms with Crippen LogP contribution in [0.5, 0.6) is 5.88 Å². The molecule has 1 aromatic carbocycles. The average molecular weight is 316 g/mol. The van der Waals surface area contributed by atoms with Crippen molar-refractivity contribution >= 4 is 23.7 Å². The molecule has 118 valence electrons. The van der Waals surface area contributed by atoms with Gasteiger partial charge in [0.2, 0.25) is 5.88 Å². The van der Waals surface area contributed by atoms with Gasteiger partial charge < -0.3 is 5.11 Å². The normalized spacial score (nSPS) is 14.3. The third kappa shape index (κ3) is 2.50. The Hall–Kier alpha value is -3.21. The highest BCUT2D eigenvalue weighted by atomic mass is 16.3. The lowest BCUT2D eigenvalue weighted by Gasteiger charge is -2.06. The molecule has 3 heterocycles. The molecule has 0 saturated carbocycles. The van der Waals surface area contributed by atoms with E-state index in [2.05, 4.69) is 15.0 Å². The maximum Gasteiger partial charge on any atom is 0.219 e. The van der Waals surface area contributed by atoms with Crippen molar-refractivity contribution < 1.29 is 5.11 Å². The second-order valence-corrected chi connectivity index (χ2v) is 5.67. The fourth-order valence-corrected chi connectivity index (χ4v) is 2.82. The van der Waals surface area contributed by atoms with E-state index in [0.717, 1.165) is 22.5 Å². The monoisotopic (exact) mass is 316 g/mol. The molecular weight excluding hydrogens is 300 g/mol. The zero-order valence-electron chi connectivity index (χ0n) is 13.2. The summed E-state index contributed by atoms with van der Waals surface area (Å²) in [5, 5.41) is 10.6. The number of hydrogen-bond donors (Lipinski definition) is 1. The van der Waals surface area contributed by atoms with Crippen LogP contribution in [0.15, 0.2) is 53.7 Å². The second-order valence-electron chi connectivity index (χ2n) is 5.67. The Morgan fingerprint density at radius 1 is 1.12 bits per heavy atom. The van der Waals surface area contributed by atoms with Gasteiger partial charge in [0.15, 0.2) is 5.82 Å². The molecule has 1 aliphatic heterocycles. The molecule has 5 nitrogen and oxygen atoms in total. The van der Waals surface area contributed by atoms with Crippen molar-refractivity contribution in [1.29, 1.82) is 0 Å². The van der Waals surface area contributed by atoms with Gasteiger partial charge in [0.25, 0.3) is 0 Å². The Balaban J connectivity index is 1.70. The van der Waals surface area contributed by atoms with Crippen molar-refractivity contribution in [2.45, 2.75) is 13.5 Å². The number of aromatic nitrogens is 3. The molecule has 0 radical (unpaired) electrons. The first kappa shape index (κ1) is 14.4. The summed E-state index contributed by atoms with van der Waals surface area (Å²) < 4.78 is 1.80. The van der Waals surface area contributed by atoms with Crippen LogP contribution >= 0.6 is 0 Å². The molecule has 1 N–H and O–H groups in total. The molecule has 1 aliphatic rings. The molecular formula is C19H16N4O. The summed E-state index contributed by atoms with van der Waals surface area (Å²) in [6, 6.07) is 13.9. The lowest BCUT2D eigenvalue weighted by Crippen LogP contribution is -2.01. The highest BCUT2D eigenvalue weighted by molar-refractivity contribution is 6.20. The van der Waals surface area contributed by atoms with Crippen LogP contribution in [0, 0.1) is 6.92 Å². The molecule has 3 aromatic rings. The molecule has 5 heteroatoms. The van der Waals surface area contributed by atoms with Crippen molar-refractivity contribution in [2.24, 2.45) is 4.99 Å². The Morgan fingerprint density at radius 3 is 2.79 bits per heavy atom. The minimum Gasteiger partial charge on any atom is -0.493 e. The van der Waals surface area contributed by atoms with Gasteiger partial charge in [0.1, 0.15) is 11.5 Å². The highest BCUT2D eigenvalue weighted by Gasteiger charge is 2.17. The lowest BCUT2D eigenvalue weighted by molar-refractivity contribution is 0.421. The van der Waals surface area contributed by atoms with Crippen LogP contribution in [-0.4, -0.2) is 25.9 Å². The fourth-order valence-electron chi connectivity index (χ4n) is 2.82. The zero-order valence-corrected chi connectivity index (χ0v) is 13.2. The van der Waals surface area contributed by atoms with Gasteiger partial charge >= 0.3 is 0 Å². The van der Waals surface area contributed by atoms with Crippen LogP contribution < -0.4 is 0 Å². The molecule has 0 spiro atoms. The number of fused-ring (bicyclic) bond motifs is 1. The van der Waals surface area contributed by atoms with Crippen LogP contribution in [-0.2, 0) is 6.54 Å².